The minimum Gasteiger partial charge on any atom is -0.469 e. The maximum atomic E-state index is 11.6. The van der Waals surface area contributed by atoms with Crippen LogP contribution in [0.15, 0.2) is 12.7 Å². The number of esters is 1. The summed E-state index contributed by atoms with van der Waals surface area (Å²) in [6.07, 6.45) is 1.88. The highest BCUT2D eigenvalue weighted by Gasteiger charge is 2.34. The highest BCUT2D eigenvalue weighted by atomic mass is 32.2. The van der Waals surface area contributed by atoms with Crippen molar-refractivity contribution in [2.24, 2.45) is 5.92 Å². The Morgan fingerprint density at radius 3 is 2.87 bits per heavy atom. The molecule has 0 aromatic heterocycles. The summed E-state index contributed by atoms with van der Waals surface area (Å²) >= 11 is 0. The molecule has 6 heteroatoms. The highest BCUT2D eigenvalue weighted by Crippen LogP contribution is 2.20. The first-order chi connectivity index (χ1) is 7.01. The fourth-order valence-electron chi connectivity index (χ4n) is 1.59. The molecule has 0 N–H and O–H groups in total. The molecule has 1 unspecified atom stereocenters. The zero-order chi connectivity index (χ0) is 11.5. The summed E-state index contributed by atoms with van der Waals surface area (Å²) < 4.78 is 29.1. The molecule has 0 spiro atoms. The molecule has 0 amide bonds. The fraction of sp³-hybridized carbons (Fsp3) is 0.667. The second-order valence-corrected chi connectivity index (χ2v) is 5.45. The first-order valence-electron chi connectivity index (χ1n) is 4.68. The van der Waals surface area contributed by atoms with E-state index in [1.807, 2.05) is 0 Å². The first kappa shape index (κ1) is 12.2. The summed E-state index contributed by atoms with van der Waals surface area (Å²) in [6.45, 7) is 4.00. The van der Waals surface area contributed by atoms with Crippen molar-refractivity contribution in [3.8, 4) is 0 Å². The van der Waals surface area contributed by atoms with Crippen LogP contribution in [-0.4, -0.2) is 44.6 Å². The molecule has 0 saturated carbocycles. The van der Waals surface area contributed by atoms with Gasteiger partial charge in [0.2, 0.25) is 10.0 Å². The van der Waals surface area contributed by atoms with Gasteiger partial charge < -0.3 is 4.74 Å². The van der Waals surface area contributed by atoms with E-state index in [9.17, 15) is 13.2 Å². The summed E-state index contributed by atoms with van der Waals surface area (Å²) in [6, 6.07) is 0. The zero-order valence-corrected chi connectivity index (χ0v) is 9.50. The standard InChI is InChI=1S/C9H15NO4S/c1-3-6-15(12,13)10-5-4-8(7-10)9(11)14-2/h3,8H,1,4-7H2,2H3. The molecule has 0 aromatic carbocycles. The van der Waals surface area contributed by atoms with Crippen LogP contribution >= 0.6 is 0 Å². The van der Waals surface area contributed by atoms with E-state index in [4.69, 9.17) is 0 Å². The maximum Gasteiger partial charge on any atom is 0.310 e. The molecule has 1 atom stereocenters. The fourth-order valence-corrected chi connectivity index (χ4v) is 2.89. The van der Waals surface area contributed by atoms with Gasteiger partial charge in [-0.25, -0.2) is 12.7 Å². The lowest BCUT2D eigenvalue weighted by Crippen LogP contribution is -2.31. The largest absolute Gasteiger partial charge is 0.469 e. The SMILES string of the molecule is C=CCS(=O)(=O)N1CCC(C(=O)OC)C1. The van der Waals surface area contributed by atoms with Crippen molar-refractivity contribution in [1.29, 1.82) is 0 Å². The Kier molecular flexibility index (Phi) is 3.87. The van der Waals surface area contributed by atoms with Gasteiger partial charge in [-0.1, -0.05) is 6.08 Å². The molecule has 0 radical (unpaired) electrons. The van der Waals surface area contributed by atoms with Gasteiger partial charge >= 0.3 is 5.97 Å². The van der Waals surface area contributed by atoms with Crippen LogP contribution in [0.1, 0.15) is 6.42 Å². The number of carbonyl (C=O) groups excluding carboxylic acids is 1. The van der Waals surface area contributed by atoms with Gasteiger partial charge in [-0.05, 0) is 6.42 Å². The number of ether oxygens (including phenoxy) is 1. The van der Waals surface area contributed by atoms with Crippen LogP contribution in [0.4, 0.5) is 0 Å². The van der Waals surface area contributed by atoms with Crippen molar-refractivity contribution in [3.63, 3.8) is 0 Å². The van der Waals surface area contributed by atoms with Gasteiger partial charge in [0.25, 0.3) is 0 Å². The van der Waals surface area contributed by atoms with Crippen LogP contribution in [0.3, 0.4) is 0 Å². The van der Waals surface area contributed by atoms with Crippen LogP contribution in [0, 0.1) is 5.92 Å². The molecule has 1 saturated heterocycles. The van der Waals surface area contributed by atoms with Gasteiger partial charge in [-0.15, -0.1) is 6.58 Å². The molecule has 1 aliphatic rings. The Morgan fingerprint density at radius 2 is 2.33 bits per heavy atom. The van der Waals surface area contributed by atoms with Crippen LogP contribution < -0.4 is 0 Å². The number of nitrogens with zero attached hydrogens (tertiary/aromatic N) is 1. The van der Waals surface area contributed by atoms with E-state index in [1.54, 1.807) is 0 Å². The van der Waals surface area contributed by atoms with Crippen molar-refractivity contribution in [2.45, 2.75) is 6.42 Å². The quantitative estimate of drug-likeness (QED) is 0.506. The summed E-state index contributed by atoms with van der Waals surface area (Å²) in [5.41, 5.74) is 0. The van der Waals surface area contributed by atoms with Gasteiger partial charge in [0.1, 0.15) is 0 Å². The molecule has 86 valence electrons. The van der Waals surface area contributed by atoms with Gasteiger partial charge in [-0.2, -0.15) is 0 Å². The lowest BCUT2D eigenvalue weighted by molar-refractivity contribution is -0.144. The molecule has 1 heterocycles. The Balaban J connectivity index is 2.64. The summed E-state index contributed by atoms with van der Waals surface area (Å²) in [7, 11) is -1.97. The normalized spacial score (nSPS) is 22.6. The number of rotatable bonds is 4. The summed E-state index contributed by atoms with van der Waals surface area (Å²) in [5, 5.41) is 0. The number of hydrogen-bond acceptors (Lipinski definition) is 4. The third-order valence-corrected chi connectivity index (χ3v) is 4.18. The second kappa shape index (κ2) is 4.76. The van der Waals surface area contributed by atoms with E-state index in [0.717, 1.165) is 0 Å². The predicted octanol–water partition coefficient (Wildman–Crippen LogP) is -0.00290. The molecule has 5 nitrogen and oxygen atoms in total. The Labute approximate surface area is 89.8 Å². The Bertz CT molecular complexity index is 349. The molecule has 1 aliphatic heterocycles. The van der Waals surface area contributed by atoms with Crippen molar-refractivity contribution in [2.75, 3.05) is 26.0 Å². The van der Waals surface area contributed by atoms with E-state index in [1.165, 1.54) is 17.5 Å². The summed E-state index contributed by atoms with van der Waals surface area (Å²) in [4.78, 5) is 11.2. The summed E-state index contributed by atoms with van der Waals surface area (Å²) in [5.74, 6) is -0.748. The number of carbonyl (C=O) groups is 1. The average Bonchev–Trinajstić information content (AvgIpc) is 2.66. The maximum absolute atomic E-state index is 11.6. The molecule has 15 heavy (non-hydrogen) atoms. The van der Waals surface area contributed by atoms with Crippen LogP contribution in [0.25, 0.3) is 0 Å². The van der Waals surface area contributed by atoms with Crippen molar-refractivity contribution < 1.29 is 17.9 Å². The monoisotopic (exact) mass is 233 g/mol. The smallest absolute Gasteiger partial charge is 0.310 e. The van der Waals surface area contributed by atoms with Gasteiger partial charge in [0.05, 0.1) is 18.8 Å². The molecular weight excluding hydrogens is 218 g/mol. The minimum atomic E-state index is -3.28. The molecule has 0 bridgehead atoms. The third-order valence-electron chi connectivity index (χ3n) is 2.41. The van der Waals surface area contributed by atoms with Gasteiger partial charge in [0.15, 0.2) is 0 Å². The van der Waals surface area contributed by atoms with Gasteiger partial charge in [-0.3, -0.25) is 4.79 Å². The number of sulfonamides is 1. The third kappa shape index (κ3) is 2.79. The first-order valence-corrected chi connectivity index (χ1v) is 6.28. The highest BCUT2D eigenvalue weighted by molar-refractivity contribution is 7.89. The van der Waals surface area contributed by atoms with Crippen molar-refractivity contribution in [3.05, 3.63) is 12.7 Å². The van der Waals surface area contributed by atoms with Crippen LogP contribution in [-0.2, 0) is 19.6 Å². The lowest BCUT2D eigenvalue weighted by atomic mass is 10.1. The van der Waals surface area contributed by atoms with E-state index in [-0.39, 0.29) is 24.2 Å². The van der Waals surface area contributed by atoms with E-state index in [2.05, 4.69) is 11.3 Å². The molecule has 1 fully saturated rings. The van der Waals surface area contributed by atoms with Gasteiger partial charge in [0, 0.05) is 13.1 Å². The number of methoxy groups -OCH3 is 1. The van der Waals surface area contributed by atoms with E-state index < -0.39 is 10.0 Å². The second-order valence-electron chi connectivity index (χ2n) is 3.43. The Morgan fingerprint density at radius 1 is 1.67 bits per heavy atom. The number of hydrogen-bond donors (Lipinski definition) is 0. The molecular formula is C9H15NO4S. The topological polar surface area (TPSA) is 63.7 Å². The molecule has 0 aromatic rings. The lowest BCUT2D eigenvalue weighted by Gasteiger charge is -2.14. The predicted molar refractivity (Wildman–Crippen MR) is 55.7 cm³/mol. The van der Waals surface area contributed by atoms with Crippen molar-refractivity contribution in [1.82, 2.24) is 4.31 Å². The van der Waals surface area contributed by atoms with Crippen LogP contribution in [0.5, 0.6) is 0 Å². The Hall–Kier alpha value is -0.880. The van der Waals surface area contributed by atoms with Crippen molar-refractivity contribution >= 4 is 16.0 Å². The zero-order valence-electron chi connectivity index (χ0n) is 8.68. The average molecular weight is 233 g/mol. The van der Waals surface area contributed by atoms with E-state index in [0.29, 0.717) is 13.0 Å². The minimum absolute atomic E-state index is 0.0824. The molecule has 1 rings (SSSR count). The van der Waals surface area contributed by atoms with Crippen LogP contribution in [0.2, 0.25) is 0 Å². The molecule has 0 aliphatic carbocycles. The van der Waals surface area contributed by atoms with E-state index >= 15 is 0 Å².